The first kappa shape index (κ1) is 12.0. The standard InChI is InChI=1S/C15H14O4/c1-7-10-6-15(3)8(2)13(17)11(16)4-9(15)5-12(10)19-14(7)18/h4-5,17H,6H2,1-3H3. The number of carbonyl (C=O) groups is 2. The van der Waals surface area contributed by atoms with E-state index in [0.717, 1.165) is 11.1 Å². The van der Waals surface area contributed by atoms with Gasteiger partial charge in [0.2, 0.25) is 5.78 Å². The largest absolute Gasteiger partial charge is 0.504 e. The van der Waals surface area contributed by atoms with Gasteiger partial charge >= 0.3 is 5.97 Å². The Morgan fingerprint density at radius 3 is 2.63 bits per heavy atom. The van der Waals surface area contributed by atoms with Crippen molar-refractivity contribution in [1.29, 1.82) is 0 Å². The lowest BCUT2D eigenvalue weighted by molar-refractivity contribution is -0.133. The van der Waals surface area contributed by atoms with E-state index in [1.54, 1.807) is 19.9 Å². The smallest absolute Gasteiger partial charge is 0.339 e. The molecule has 0 saturated carbocycles. The van der Waals surface area contributed by atoms with Gasteiger partial charge in [0.15, 0.2) is 5.76 Å². The van der Waals surface area contributed by atoms with Gasteiger partial charge in [0.05, 0.1) is 0 Å². The SMILES string of the molecule is CC1=C2CC3(C)C(=CC(=O)C(O)=C3C)C=C2OC1=O. The van der Waals surface area contributed by atoms with E-state index in [-0.39, 0.29) is 11.7 Å². The van der Waals surface area contributed by atoms with Crippen LogP contribution in [-0.2, 0) is 14.3 Å². The highest BCUT2D eigenvalue weighted by Crippen LogP contribution is 2.52. The zero-order chi connectivity index (χ0) is 13.9. The molecule has 1 N–H and O–H groups in total. The number of rotatable bonds is 0. The summed E-state index contributed by atoms with van der Waals surface area (Å²) in [7, 11) is 0. The first-order chi connectivity index (χ1) is 8.84. The Morgan fingerprint density at radius 1 is 1.26 bits per heavy atom. The van der Waals surface area contributed by atoms with Crippen LogP contribution in [0.3, 0.4) is 0 Å². The molecule has 1 aliphatic heterocycles. The molecule has 0 bridgehead atoms. The second-order valence-electron chi connectivity index (χ2n) is 5.45. The Morgan fingerprint density at radius 2 is 1.95 bits per heavy atom. The number of esters is 1. The third-order valence-corrected chi connectivity index (χ3v) is 4.42. The minimum atomic E-state index is -0.452. The molecule has 0 radical (unpaired) electrons. The molecule has 2 aliphatic carbocycles. The maximum atomic E-state index is 11.7. The second-order valence-corrected chi connectivity index (χ2v) is 5.45. The highest BCUT2D eigenvalue weighted by atomic mass is 16.5. The van der Waals surface area contributed by atoms with Crippen molar-refractivity contribution in [2.24, 2.45) is 5.41 Å². The van der Waals surface area contributed by atoms with E-state index in [1.165, 1.54) is 6.08 Å². The summed E-state index contributed by atoms with van der Waals surface area (Å²) in [6.07, 6.45) is 3.72. The van der Waals surface area contributed by atoms with Crippen LogP contribution in [0.25, 0.3) is 0 Å². The third kappa shape index (κ3) is 1.40. The molecular formula is C15H14O4. The number of ketones is 1. The lowest BCUT2D eigenvalue weighted by Gasteiger charge is -2.38. The number of fused-ring (bicyclic) bond motifs is 2. The van der Waals surface area contributed by atoms with E-state index < -0.39 is 11.2 Å². The van der Waals surface area contributed by atoms with Gasteiger partial charge in [0.1, 0.15) is 5.76 Å². The molecule has 0 aromatic carbocycles. The lowest BCUT2D eigenvalue weighted by Crippen LogP contribution is -2.30. The van der Waals surface area contributed by atoms with Gasteiger partial charge < -0.3 is 9.84 Å². The highest BCUT2D eigenvalue weighted by Gasteiger charge is 2.44. The van der Waals surface area contributed by atoms with Crippen LogP contribution in [0.4, 0.5) is 0 Å². The summed E-state index contributed by atoms with van der Waals surface area (Å²) in [6, 6.07) is 0. The minimum absolute atomic E-state index is 0.188. The predicted molar refractivity (Wildman–Crippen MR) is 68.0 cm³/mol. The van der Waals surface area contributed by atoms with Gasteiger partial charge in [0, 0.05) is 16.6 Å². The van der Waals surface area contributed by atoms with Crippen molar-refractivity contribution in [2.75, 3.05) is 0 Å². The van der Waals surface area contributed by atoms with E-state index >= 15 is 0 Å². The highest BCUT2D eigenvalue weighted by molar-refractivity contribution is 6.05. The molecule has 0 amide bonds. The zero-order valence-electron chi connectivity index (χ0n) is 11.0. The van der Waals surface area contributed by atoms with Crippen LogP contribution < -0.4 is 0 Å². The summed E-state index contributed by atoms with van der Waals surface area (Å²) in [5.74, 6) is -0.378. The molecular weight excluding hydrogens is 244 g/mol. The number of ether oxygens (including phenoxy) is 1. The number of carbonyl (C=O) groups excluding carboxylic acids is 2. The molecule has 1 atom stereocenters. The van der Waals surface area contributed by atoms with E-state index in [0.29, 0.717) is 23.3 Å². The molecule has 3 rings (SSSR count). The van der Waals surface area contributed by atoms with Crippen LogP contribution in [0.5, 0.6) is 0 Å². The van der Waals surface area contributed by atoms with Crippen LogP contribution >= 0.6 is 0 Å². The van der Waals surface area contributed by atoms with Crippen LogP contribution in [-0.4, -0.2) is 16.9 Å². The Bertz CT molecular complexity index is 658. The molecule has 1 unspecified atom stereocenters. The summed E-state index contributed by atoms with van der Waals surface area (Å²) in [5.41, 5.74) is 2.45. The topological polar surface area (TPSA) is 63.6 Å². The van der Waals surface area contributed by atoms with Crippen LogP contribution in [0.2, 0.25) is 0 Å². The minimum Gasteiger partial charge on any atom is -0.504 e. The fourth-order valence-corrected chi connectivity index (χ4v) is 2.84. The lowest BCUT2D eigenvalue weighted by atomic mass is 9.65. The van der Waals surface area contributed by atoms with Crippen molar-refractivity contribution in [3.8, 4) is 0 Å². The normalized spacial score (nSPS) is 29.8. The molecule has 0 aromatic heterocycles. The van der Waals surface area contributed by atoms with Crippen molar-refractivity contribution >= 4 is 11.8 Å². The molecule has 19 heavy (non-hydrogen) atoms. The van der Waals surface area contributed by atoms with E-state index in [4.69, 9.17) is 4.74 Å². The first-order valence-corrected chi connectivity index (χ1v) is 6.15. The molecule has 98 valence electrons. The van der Waals surface area contributed by atoms with Crippen LogP contribution in [0, 0.1) is 5.41 Å². The van der Waals surface area contributed by atoms with E-state index in [2.05, 4.69) is 0 Å². The van der Waals surface area contributed by atoms with Gasteiger partial charge in [-0.2, -0.15) is 0 Å². The Hall–Kier alpha value is -2.10. The van der Waals surface area contributed by atoms with E-state index in [1.807, 2.05) is 6.92 Å². The average molecular weight is 258 g/mol. The maximum absolute atomic E-state index is 11.7. The predicted octanol–water partition coefficient (Wildman–Crippen LogP) is 2.49. The Balaban J connectivity index is 2.22. The van der Waals surface area contributed by atoms with E-state index in [9.17, 15) is 14.7 Å². The molecule has 4 nitrogen and oxygen atoms in total. The van der Waals surface area contributed by atoms with Crippen LogP contribution in [0.15, 0.2) is 46.0 Å². The summed E-state index contributed by atoms with van der Waals surface area (Å²) in [6.45, 7) is 5.46. The molecule has 0 fully saturated rings. The molecule has 0 spiro atoms. The molecule has 0 aromatic rings. The van der Waals surface area contributed by atoms with Crippen molar-refractivity contribution in [3.05, 3.63) is 46.0 Å². The summed E-state index contributed by atoms with van der Waals surface area (Å²) in [4.78, 5) is 23.3. The summed E-state index contributed by atoms with van der Waals surface area (Å²) in [5, 5.41) is 9.86. The maximum Gasteiger partial charge on any atom is 0.339 e. The first-order valence-electron chi connectivity index (χ1n) is 6.15. The van der Waals surface area contributed by atoms with Crippen molar-refractivity contribution in [3.63, 3.8) is 0 Å². The molecule has 4 heteroatoms. The molecule has 1 heterocycles. The van der Waals surface area contributed by atoms with Gasteiger partial charge in [-0.25, -0.2) is 4.79 Å². The number of aliphatic hydroxyl groups excluding tert-OH is 1. The van der Waals surface area contributed by atoms with Crippen molar-refractivity contribution in [2.45, 2.75) is 27.2 Å². The van der Waals surface area contributed by atoms with Gasteiger partial charge in [-0.1, -0.05) is 6.92 Å². The van der Waals surface area contributed by atoms with Gasteiger partial charge in [0.25, 0.3) is 0 Å². The molecule has 0 saturated heterocycles. The van der Waals surface area contributed by atoms with Gasteiger partial charge in [-0.05, 0) is 43.6 Å². The quantitative estimate of drug-likeness (QED) is 0.678. The molecule has 3 aliphatic rings. The summed E-state index contributed by atoms with van der Waals surface area (Å²) >= 11 is 0. The zero-order valence-corrected chi connectivity index (χ0v) is 11.0. The number of hydrogen-bond donors (Lipinski definition) is 1. The second kappa shape index (κ2) is 3.47. The Kier molecular flexibility index (Phi) is 2.18. The van der Waals surface area contributed by atoms with Crippen molar-refractivity contribution in [1.82, 2.24) is 0 Å². The third-order valence-electron chi connectivity index (χ3n) is 4.42. The average Bonchev–Trinajstić information content (AvgIpc) is 2.62. The Labute approximate surface area is 110 Å². The monoisotopic (exact) mass is 258 g/mol. The number of hydrogen-bond acceptors (Lipinski definition) is 4. The number of allylic oxidation sites excluding steroid dienone is 5. The fraction of sp³-hybridized carbons (Fsp3) is 0.333. The number of aliphatic hydroxyl groups is 1. The van der Waals surface area contributed by atoms with Gasteiger partial charge in [-0.15, -0.1) is 0 Å². The van der Waals surface area contributed by atoms with Crippen molar-refractivity contribution < 1.29 is 19.4 Å². The van der Waals surface area contributed by atoms with Crippen LogP contribution in [0.1, 0.15) is 27.2 Å². The fourth-order valence-electron chi connectivity index (χ4n) is 2.84. The van der Waals surface area contributed by atoms with Gasteiger partial charge in [-0.3, -0.25) is 4.79 Å². The summed E-state index contributed by atoms with van der Waals surface area (Å²) < 4.78 is 5.19.